The second-order valence-corrected chi connectivity index (χ2v) is 7.41. The van der Waals surface area contributed by atoms with Crippen molar-refractivity contribution in [1.82, 2.24) is 15.2 Å². The first kappa shape index (κ1) is 18.5. The first-order valence-electron chi connectivity index (χ1n) is 8.47. The van der Waals surface area contributed by atoms with Gasteiger partial charge in [0.05, 0.1) is 17.0 Å². The van der Waals surface area contributed by atoms with Crippen molar-refractivity contribution in [3.8, 4) is 11.5 Å². The number of amides is 1. The summed E-state index contributed by atoms with van der Waals surface area (Å²) in [5, 5.41) is 12.7. The smallest absolute Gasteiger partial charge is 0.277 e. The molecule has 28 heavy (non-hydrogen) atoms. The minimum absolute atomic E-state index is 0.146. The second kappa shape index (κ2) is 8.00. The van der Waals surface area contributed by atoms with Crippen LogP contribution in [0.1, 0.15) is 5.69 Å². The number of thioether (sulfide) groups is 1. The fourth-order valence-electron chi connectivity index (χ4n) is 2.73. The van der Waals surface area contributed by atoms with Gasteiger partial charge in [-0.05, 0) is 37.3 Å². The fourth-order valence-corrected chi connectivity index (χ4v) is 3.48. The van der Waals surface area contributed by atoms with Crippen LogP contribution < -0.4 is 5.32 Å². The molecule has 6 nitrogen and oxygen atoms in total. The monoisotopic (exact) mass is 410 g/mol. The standard InChI is InChI=1S/C20H15ClN4O2S/c1-12-9-17(15-7-2-3-8-16(15)22-12)23-18(26)11-28-20-25-24-19(27-20)13-5-4-6-14(21)10-13/h2-10H,11H2,1H3,(H,22,23,26). The van der Waals surface area contributed by atoms with Crippen LogP contribution in [0.5, 0.6) is 0 Å². The fraction of sp³-hybridized carbons (Fsp3) is 0.100. The van der Waals surface area contributed by atoms with Gasteiger partial charge in [0.1, 0.15) is 0 Å². The molecular weight excluding hydrogens is 396 g/mol. The molecule has 1 amide bonds. The quantitative estimate of drug-likeness (QED) is 0.467. The van der Waals surface area contributed by atoms with Gasteiger partial charge in [0.15, 0.2) is 0 Å². The zero-order valence-electron chi connectivity index (χ0n) is 14.8. The van der Waals surface area contributed by atoms with Crippen molar-refractivity contribution in [2.24, 2.45) is 0 Å². The zero-order valence-corrected chi connectivity index (χ0v) is 16.4. The minimum atomic E-state index is -0.164. The van der Waals surface area contributed by atoms with E-state index in [1.165, 1.54) is 11.8 Å². The third-order valence-corrected chi connectivity index (χ3v) is 4.98. The number of carbonyl (C=O) groups is 1. The Morgan fingerprint density at radius 1 is 1.14 bits per heavy atom. The molecule has 2 aromatic carbocycles. The van der Waals surface area contributed by atoms with Gasteiger partial charge in [-0.2, -0.15) is 0 Å². The summed E-state index contributed by atoms with van der Waals surface area (Å²) in [6.07, 6.45) is 0. The van der Waals surface area contributed by atoms with E-state index in [0.29, 0.717) is 16.1 Å². The Labute approximate surface area is 170 Å². The van der Waals surface area contributed by atoms with Crippen molar-refractivity contribution >= 4 is 45.9 Å². The summed E-state index contributed by atoms with van der Waals surface area (Å²) in [5.41, 5.74) is 3.15. The number of anilines is 1. The van der Waals surface area contributed by atoms with Crippen molar-refractivity contribution in [3.05, 3.63) is 65.3 Å². The lowest BCUT2D eigenvalue weighted by molar-refractivity contribution is -0.113. The lowest BCUT2D eigenvalue weighted by Gasteiger charge is -2.09. The molecule has 0 aliphatic heterocycles. The number of rotatable bonds is 5. The van der Waals surface area contributed by atoms with Crippen LogP contribution in [0.2, 0.25) is 5.02 Å². The van der Waals surface area contributed by atoms with Gasteiger partial charge in [0.2, 0.25) is 11.8 Å². The SMILES string of the molecule is Cc1cc(NC(=O)CSc2nnc(-c3cccc(Cl)c3)o2)c2ccccc2n1. The number of fused-ring (bicyclic) bond motifs is 1. The largest absolute Gasteiger partial charge is 0.411 e. The van der Waals surface area contributed by atoms with Crippen LogP contribution in [-0.2, 0) is 4.79 Å². The average molecular weight is 411 g/mol. The number of hydrogen-bond donors (Lipinski definition) is 1. The molecule has 140 valence electrons. The number of nitrogens with one attached hydrogen (secondary N) is 1. The Hall–Kier alpha value is -2.90. The molecule has 0 fully saturated rings. The molecule has 0 saturated heterocycles. The summed E-state index contributed by atoms with van der Waals surface area (Å²) >= 11 is 7.16. The summed E-state index contributed by atoms with van der Waals surface area (Å²) in [6.45, 7) is 1.90. The van der Waals surface area contributed by atoms with E-state index in [9.17, 15) is 4.79 Å². The Kier molecular flexibility index (Phi) is 5.27. The summed E-state index contributed by atoms with van der Waals surface area (Å²) in [4.78, 5) is 16.9. The van der Waals surface area contributed by atoms with Crippen molar-refractivity contribution < 1.29 is 9.21 Å². The molecule has 4 aromatic rings. The van der Waals surface area contributed by atoms with E-state index in [0.717, 1.165) is 27.8 Å². The van der Waals surface area contributed by atoms with Gasteiger partial charge < -0.3 is 9.73 Å². The predicted molar refractivity (Wildman–Crippen MR) is 111 cm³/mol. The first-order valence-corrected chi connectivity index (χ1v) is 9.83. The molecule has 0 spiro atoms. The Balaban J connectivity index is 1.43. The van der Waals surface area contributed by atoms with E-state index < -0.39 is 0 Å². The lowest BCUT2D eigenvalue weighted by atomic mass is 10.1. The van der Waals surface area contributed by atoms with E-state index in [-0.39, 0.29) is 11.7 Å². The molecule has 4 rings (SSSR count). The molecule has 1 N–H and O–H groups in total. The minimum Gasteiger partial charge on any atom is -0.411 e. The van der Waals surface area contributed by atoms with Gasteiger partial charge in [-0.3, -0.25) is 9.78 Å². The van der Waals surface area contributed by atoms with Crippen molar-refractivity contribution in [1.29, 1.82) is 0 Å². The molecule has 0 bridgehead atoms. The van der Waals surface area contributed by atoms with Gasteiger partial charge in [-0.1, -0.05) is 47.6 Å². The Bertz CT molecular complexity index is 1160. The maximum absolute atomic E-state index is 12.4. The summed E-state index contributed by atoms with van der Waals surface area (Å²) < 4.78 is 5.61. The van der Waals surface area contributed by atoms with E-state index in [1.54, 1.807) is 12.1 Å². The Morgan fingerprint density at radius 2 is 2.00 bits per heavy atom. The topological polar surface area (TPSA) is 80.9 Å². The van der Waals surface area contributed by atoms with Gasteiger partial charge in [0, 0.05) is 21.7 Å². The van der Waals surface area contributed by atoms with Crippen LogP contribution in [0.4, 0.5) is 5.69 Å². The lowest BCUT2D eigenvalue weighted by Crippen LogP contribution is -2.14. The first-order chi connectivity index (χ1) is 13.6. The molecule has 8 heteroatoms. The van der Waals surface area contributed by atoms with E-state index in [2.05, 4.69) is 20.5 Å². The molecular formula is C20H15ClN4O2S. The maximum atomic E-state index is 12.4. The molecule has 0 saturated carbocycles. The molecule has 0 aliphatic carbocycles. The van der Waals surface area contributed by atoms with Crippen LogP contribution in [0.25, 0.3) is 22.4 Å². The van der Waals surface area contributed by atoms with E-state index in [1.807, 2.05) is 49.4 Å². The van der Waals surface area contributed by atoms with E-state index in [4.69, 9.17) is 16.0 Å². The third kappa shape index (κ3) is 4.16. The van der Waals surface area contributed by atoms with Crippen LogP contribution in [-0.4, -0.2) is 26.8 Å². The van der Waals surface area contributed by atoms with Crippen LogP contribution in [0.15, 0.2) is 64.2 Å². The Morgan fingerprint density at radius 3 is 2.86 bits per heavy atom. The van der Waals surface area contributed by atoms with Crippen molar-refractivity contribution in [2.45, 2.75) is 12.1 Å². The third-order valence-electron chi connectivity index (χ3n) is 3.92. The van der Waals surface area contributed by atoms with Crippen LogP contribution >= 0.6 is 23.4 Å². The zero-order chi connectivity index (χ0) is 19.5. The van der Waals surface area contributed by atoms with Crippen molar-refractivity contribution in [2.75, 3.05) is 11.1 Å². The normalized spacial score (nSPS) is 10.9. The van der Waals surface area contributed by atoms with Crippen molar-refractivity contribution in [3.63, 3.8) is 0 Å². The van der Waals surface area contributed by atoms with Crippen LogP contribution in [0.3, 0.4) is 0 Å². The summed E-state index contributed by atoms with van der Waals surface area (Å²) in [5.74, 6) is 0.344. The number of pyridine rings is 1. The second-order valence-electron chi connectivity index (χ2n) is 6.05. The number of carbonyl (C=O) groups excluding carboxylic acids is 1. The van der Waals surface area contributed by atoms with E-state index >= 15 is 0 Å². The molecule has 2 heterocycles. The van der Waals surface area contributed by atoms with Gasteiger partial charge in [-0.25, -0.2) is 0 Å². The average Bonchev–Trinajstić information content (AvgIpc) is 3.15. The summed E-state index contributed by atoms with van der Waals surface area (Å²) in [6, 6.07) is 16.7. The highest BCUT2D eigenvalue weighted by Gasteiger charge is 2.13. The number of para-hydroxylation sites is 1. The highest BCUT2D eigenvalue weighted by Crippen LogP contribution is 2.26. The number of hydrogen-bond acceptors (Lipinski definition) is 6. The highest BCUT2D eigenvalue weighted by molar-refractivity contribution is 7.99. The maximum Gasteiger partial charge on any atom is 0.277 e. The molecule has 0 radical (unpaired) electrons. The van der Waals surface area contributed by atoms with Gasteiger partial charge in [-0.15, -0.1) is 10.2 Å². The molecule has 0 unspecified atom stereocenters. The number of aryl methyl sites for hydroxylation is 1. The summed E-state index contributed by atoms with van der Waals surface area (Å²) in [7, 11) is 0. The number of halogens is 1. The number of benzene rings is 2. The number of aromatic nitrogens is 3. The van der Waals surface area contributed by atoms with Crippen LogP contribution in [0, 0.1) is 6.92 Å². The number of nitrogens with zero attached hydrogens (tertiary/aromatic N) is 3. The van der Waals surface area contributed by atoms with Gasteiger partial charge >= 0.3 is 0 Å². The predicted octanol–water partition coefficient (Wildman–Crippen LogP) is 4.98. The highest BCUT2D eigenvalue weighted by atomic mass is 35.5. The molecule has 2 aromatic heterocycles. The molecule has 0 aliphatic rings. The molecule has 0 atom stereocenters. The van der Waals surface area contributed by atoms with Gasteiger partial charge in [0.25, 0.3) is 5.22 Å².